The van der Waals surface area contributed by atoms with Crippen LogP contribution in [0.5, 0.6) is 0 Å². The quantitative estimate of drug-likeness (QED) is 0.782. The van der Waals surface area contributed by atoms with E-state index in [2.05, 4.69) is 51.5 Å². The number of rotatable bonds is 3. The Morgan fingerprint density at radius 3 is 2.78 bits per heavy atom. The van der Waals surface area contributed by atoms with Crippen LogP contribution in [0.2, 0.25) is 0 Å². The number of hydrogen-bond acceptors (Lipinski definition) is 4. The maximum absolute atomic E-state index is 5.34. The molecule has 6 heteroatoms. The van der Waals surface area contributed by atoms with Crippen LogP contribution in [0.3, 0.4) is 0 Å². The molecule has 0 aliphatic carbocycles. The highest BCUT2D eigenvalue weighted by atomic mass is 79.9. The Hall–Kier alpha value is 0.480. The molecule has 2 atom stereocenters. The minimum Gasteiger partial charge on any atom is -0.345 e. The second-order valence-corrected chi connectivity index (χ2v) is 7.96. The summed E-state index contributed by atoms with van der Waals surface area (Å²) < 4.78 is 1.64. The number of aromatic amines is 1. The van der Waals surface area contributed by atoms with Crippen LogP contribution in [-0.4, -0.2) is 26.7 Å². The minimum atomic E-state index is 0.453. The average Bonchev–Trinajstić information content (AvgIpc) is 2.41. The first-order valence-corrected chi connectivity index (χ1v) is 9.49. The predicted octanol–water partition coefficient (Wildman–Crippen LogP) is 4.76. The molecule has 0 aromatic carbocycles. The molecule has 0 amide bonds. The largest absolute Gasteiger partial charge is 0.345 e. The summed E-state index contributed by atoms with van der Waals surface area (Å²) in [6, 6.07) is 0. The molecule has 0 radical (unpaired) electrons. The first kappa shape index (κ1) is 14.9. The molecule has 0 bridgehead atoms. The normalized spacial score (nSPS) is 24.2. The molecule has 1 aliphatic heterocycles. The van der Waals surface area contributed by atoms with Gasteiger partial charge in [0.2, 0.25) is 0 Å². The lowest BCUT2D eigenvalue weighted by atomic mass is 10.2. The smallest absolute Gasteiger partial charge is 0.144 e. The fourth-order valence-electron chi connectivity index (χ4n) is 2.06. The van der Waals surface area contributed by atoms with E-state index in [0.717, 1.165) is 22.4 Å². The van der Waals surface area contributed by atoms with E-state index in [0.29, 0.717) is 15.1 Å². The van der Waals surface area contributed by atoms with Crippen molar-refractivity contribution in [1.82, 2.24) is 9.97 Å². The van der Waals surface area contributed by atoms with Crippen LogP contribution in [0, 0.1) is 4.64 Å². The summed E-state index contributed by atoms with van der Waals surface area (Å²) in [5.41, 5.74) is 1.16. The van der Waals surface area contributed by atoms with Crippen LogP contribution in [0.15, 0.2) is 4.47 Å². The molecule has 1 aliphatic rings. The molecular formula is C12H17BrN2S3. The Bertz CT molecular complexity index is 475. The van der Waals surface area contributed by atoms with E-state index in [1.54, 1.807) is 0 Å². The summed E-state index contributed by atoms with van der Waals surface area (Å²) in [5, 5.41) is 1.10. The third kappa shape index (κ3) is 3.14. The topological polar surface area (TPSA) is 28.7 Å². The first-order valence-electron chi connectivity index (χ1n) is 6.19. The lowest BCUT2D eigenvalue weighted by molar-refractivity contribution is 0.737. The van der Waals surface area contributed by atoms with Crippen molar-refractivity contribution < 1.29 is 0 Å². The van der Waals surface area contributed by atoms with Crippen molar-refractivity contribution in [1.29, 1.82) is 0 Å². The Labute approximate surface area is 130 Å². The van der Waals surface area contributed by atoms with Gasteiger partial charge in [0.1, 0.15) is 10.5 Å². The zero-order chi connectivity index (χ0) is 13.1. The summed E-state index contributed by atoms with van der Waals surface area (Å²) in [6.07, 6.45) is 2.13. The second-order valence-electron chi connectivity index (χ2n) is 4.18. The molecule has 2 heterocycles. The molecule has 1 N–H and O–H groups in total. The zero-order valence-electron chi connectivity index (χ0n) is 10.5. The predicted molar refractivity (Wildman–Crippen MR) is 88.2 cm³/mol. The SMILES string of the molecule is CCc1[nH]c(C2SCCSC2CC)nc(=S)c1Br. The Morgan fingerprint density at radius 1 is 1.39 bits per heavy atom. The lowest BCUT2D eigenvalue weighted by Crippen LogP contribution is -2.21. The van der Waals surface area contributed by atoms with Gasteiger partial charge in [-0.25, -0.2) is 4.98 Å². The van der Waals surface area contributed by atoms with Gasteiger partial charge in [-0.3, -0.25) is 0 Å². The molecule has 2 nitrogen and oxygen atoms in total. The van der Waals surface area contributed by atoms with Gasteiger partial charge in [0.05, 0.1) is 9.72 Å². The van der Waals surface area contributed by atoms with Crippen molar-refractivity contribution in [2.24, 2.45) is 0 Å². The van der Waals surface area contributed by atoms with Gasteiger partial charge in [-0.05, 0) is 28.8 Å². The summed E-state index contributed by atoms with van der Waals surface area (Å²) in [5.74, 6) is 3.51. The number of H-pyrrole nitrogens is 1. The molecule has 1 fully saturated rings. The van der Waals surface area contributed by atoms with Crippen LogP contribution in [0.4, 0.5) is 0 Å². The van der Waals surface area contributed by atoms with Crippen molar-refractivity contribution in [3.63, 3.8) is 0 Å². The zero-order valence-corrected chi connectivity index (χ0v) is 14.6. The van der Waals surface area contributed by atoms with E-state index in [9.17, 15) is 0 Å². The van der Waals surface area contributed by atoms with E-state index in [-0.39, 0.29) is 0 Å². The van der Waals surface area contributed by atoms with Crippen molar-refractivity contribution in [3.8, 4) is 0 Å². The monoisotopic (exact) mass is 364 g/mol. The third-order valence-corrected chi connectivity index (χ3v) is 7.70. The summed E-state index contributed by atoms with van der Waals surface area (Å²) in [6.45, 7) is 4.39. The Kier molecular flexibility index (Phi) is 5.60. The van der Waals surface area contributed by atoms with Crippen LogP contribution in [0.1, 0.15) is 37.0 Å². The maximum Gasteiger partial charge on any atom is 0.144 e. The molecule has 2 unspecified atom stereocenters. The molecule has 2 rings (SSSR count). The minimum absolute atomic E-state index is 0.453. The van der Waals surface area contributed by atoms with Gasteiger partial charge in [-0.15, -0.1) is 11.8 Å². The van der Waals surface area contributed by atoms with E-state index in [4.69, 9.17) is 12.2 Å². The number of thioether (sulfide) groups is 2. The Balaban J connectivity index is 2.37. The fraction of sp³-hybridized carbons (Fsp3) is 0.667. The van der Waals surface area contributed by atoms with Gasteiger partial charge in [-0.2, -0.15) is 11.8 Å². The van der Waals surface area contributed by atoms with Crippen LogP contribution >= 0.6 is 51.7 Å². The molecule has 1 aromatic rings. The first-order chi connectivity index (χ1) is 8.67. The van der Waals surface area contributed by atoms with E-state index >= 15 is 0 Å². The summed E-state index contributed by atoms with van der Waals surface area (Å²) >= 11 is 12.9. The molecule has 0 spiro atoms. The van der Waals surface area contributed by atoms with E-state index in [1.165, 1.54) is 17.9 Å². The van der Waals surface area contributed by atoms with Crippen molar-refractivity contribution >= 4 is 51.7 Å². The van der Waals surface area contributed by atoms with Gasteiger partial charge in [-0.1, -0.05) is 26.1 Å². The number of hydrogen-bond donors (Lipinski definition) is 1. The van der Waals surface area contributed by atoms with Crippen molar-refractivity contribution in [2.45, 2.75) is 37.2 Å². The molecule has 0 saturated carbocycles. The number of aryl methyl sites for hydroxylation is 1. The number of aromatic nitrogens is 2. The summed E-state index contributed by atoms with van der Waals surface area (Å²) in [4.78, 5) is 8.06. The third-order valence-electron chi connectivity index (χ3n) is 3.03. The number of halogens is 1. The molecule has 18 heavy (non-hydrogen) atoms. The summed E-state index contributed by atoms with van der Waals surface area (Å²) in [7, 11) is 0. The van der Waals surface area contributed by atoms with Crippen LogP contribution in [-0.2, 0) is 6.42 Å². The maximum atomic E-state index is 5.34. The van der Waals surface area contributed by atoms with E-state index < -0.39 is 0 Å². The van der Waals surface area contributed by atoms with Gasteiger partial charge in [0, 0.05) is 22.4 Å². The molecule has 1 saturated heterocycles. The highest BCUT2D eigenvalue weighted by Gasteiger charge is 2.28. The molecule has 1 aromatic heterocycles. The van der Waals surface area contributed by atoms with Crippen molar-refractivity contribution in [3.05, 3.63) is 20.6 Å². The van der Waals surface area contributed by atoms with Gasteiger partial charge < -0.3 is 4.98 Å². The van der Waals surface area contributed by atoms with Gasteiger partial charge >= 0.3 is 0 Å². The second kappa shape index (κ2) is 6.77. The van der Waals surface area contributed by atoms with E-state index in [1.807, 2.05) is 11.8 Å². The standard InChI is InChI=1S/C12H17BrN2S3/c1-3-7-9(13)12(16)15-11(14-7)10-8(4-2)17-5-6-18-10/h8,10H,3-6H2,1-2H3,(H,14,15,16). The molecular weight excluding hydrogens is 348 g/mol. The fourth-order valence-corrected chi connectivity index (χ4v) is 5.76. The van der Waals surface area contributed by atoms with Crippen molar-refractivity contribution in [2.75, 3.05) is 11.5 Å². The number of nitrogens with zero attached hydrogens (tertiary/aromatic N) is 1. The highest BCUT2D eigenvalue weighted by Crippen LogP contribution is 2.43. The Morgan fingerprint density at radius 2 is 2.11 bits per heavy atom. The highest BCUT2D eigenvalue weighted by molar-refractivity contribution is 9.10. The van der Waals surface area contributed by atoms with Crippen LogP contribution < -0.4 is 0 Å². The lowest BCUT2D eigenvalue weighted by Gasteiger charge is -2.29. The molecule has 100 valence electrons. The van der Waals surface area contributed by atoms with Gasteiger partial charge in [0.25, 0.3) is 0 Å². The average molecular weight is 365 g/mol. The van der Waals surface area contributed by atoms with Gasteiger partial charge in [0.15, 0.2) is 0 Å². The van der Waals surface area contributed by atoms with Crippen LogP contribution in [0.25, 0.3) is 0 Å². The number of nitrogens with one attached hydrogen (secondary N) is 1.